The number of carboxylic acid groups (broad SMARTS) is 3. The van der Waals surface area contributed by atoms with Crippen LogP contribution in [0.5, 0.6) is 0 Å². The van der Waals surface area contributed by atoms with Gasteiger partial charge in [0.25, 0.3) is 0 Å². The van der Waals surface area contributed by atoms with E-state index in [4.69, 9.17) is 21.1 Å². The van der Waals surface area contributed by atoms with E-state index in [0.717, 1.165) is 0 Å². The lowest BCUT2D eigenvalue weighted by Gasteiger charge is -2.16. The van der Waals surface area contributed by atoms with Gasteiger partial charge in [-0.15, -0.1) is 0 Å². The molecule has 0 aromatic heterocycles. The summed E-state index contributed by atoms with van der Waals surface area (Å²) in [5.41, 5.74) is 5.39. The van der Waals surface area contributed by atoms with Gasteiger partial charge in [-0.25, -0.2) is 4.79 Å². The average molecular weight is 276 g/mol. The van der Waals surface area contributed by atoms with Crippen molar-refractivity contribution in [1.82, 2.24) is 5.32 Å². The second-order valence-electron chi connectivity index (χ2n) is 3.87. The van der Waals surface area contributed by atoms with Crippen molar-refractivity contribution in [2.45, 2.75) is 37.8 Å². The van der Waals surface area contributed by atoms with Gasteiger partial charge in [-0.2, -0.15) is 0 Å². The van der Waals surface area contributed by atoms with Crippen molar-refractivity contribution in [3.63, 3.8) is 0 Å². The van der Waals surface area contributed by atoms with Crippen molar-refractivity contribution in [1.29, 1.82) is 0 Å². The van der Waals surface area contributed by atoms with Crippen LogP contribution in [-0.4, -0.2) is 51.2 Å². The maximum atomic E-state index is 11.5. The molecule has 2 atom stereocenters. The fourth-order valence-electron chi connectivity index (χ4n) is 1.21. The minimum atomic E-state index is -1.37. The molecular weight excluding hydrogens is 260 g/mol. The zero-order valence-corrected chi connectivity index (χ0v) is 10.0. The number of carbonyl (C=O) groups excluding carboxylic acids is 1. The molecule has 108 valence electrons. The highest BCUT2D eigenvalue weighted by Crippen LogP contribution is 2.01. The predicted octanol–water partition coefficient (Wildman–Crippen LogP) is -1.39. The third kappa shape index (κ3) is 7.71. The standard InChI is InChI=1S/C10H16N2O7/c11-5(1-3-7(13)14)9(17)12-6(10(18)19)2-4-8(15)16/h5-6H,1-4,11H2,(H,12,17)(H,13,14)(H,15,16)(H,18,19). The summed E-state index contributed by atoms with van der Waals surface area (Å²) < 4.78 is 0. The van der Waals surface area contributed by atoms with Crippen LogP contribution in [0, 0.1) is 0 Å². The van der Waals surface area contributed by atoms with Crippen molar-refractivity contribution in [3.8, 4) is 0 Å². The number of nitrogens with one attached hydrogen (secondary N) is 1. The Morgan fingerprint density at radius 2 is 1.42 bits per heavy atom. The van der Waals surface area contributed by atoms with E-state index < -0.39 is 42.3 Å². The second-order valence-corrected chi connectivity index (χ2v) is 3.87. The van der Waals surface area contributed by atoms with Gasteiger partial charge < -0.3 is 26.4 Å². The number of amides is 1. The molecule has 0 rings (SSSR count). The first-order chi connectivity index (χ1) is 8.73. The fourth-order valence-corrected chi connectivity index (χ4v) is 1.21. The molecule has 9 nitrogen and oxygen atoms in total. The molecule has 6 N–H and O–H groups in total. The Bertz CT molecular complexity index is 369. The molecule has 19 heavy (non-hydrogen) atoms. The summed E-state index contributed by atoms with van der Waals surface area (Å²) in [7, 11) is 0. The van der Waals surface area contributed by atoms with Crippen LogP contribution in [0.3, 0.4) is 0 Å². The Hall–Kier alpha value is -2.16. The van der Waals surface area contributed by atoms with Gasteiger partial charge in [0.2, 0.25) is 5.91 Å². The van der Waals surface area contributed by atoms with Gasteiger partial charge in [-0.05, 0) is 12.8 Å². The van der Waals surface area contributed by atoms with Gasteiger partial charge in [0.1, 0.15) is 6.04 Å². The number of aliphatic carboxylic acids is 3. The molecule has 0 aliphatic rings. The van der Waals surface area contributed by atoms with Crippen molar-refractivity contribution in [2.75, 3.05) is 0 Å². The highest BCUT2D eigenvalue weighted by Gasteiger charge is 2.24. The summed E-state index contributed by atoms with van der Waals surface area (Å²) in [6.45, 7) is 0. The molecule has 0 aliphatic carbocycles. The molecule has 0 saturated carbocycles. The molecule has 1 amide bonds. The number of hydrogen-bond donors (Lipinski definition) is 5. The van der Waals surface area contributed by atoms with E-state index in [0.29, 0.717) is 0 Å². The summed E-state index contributed by atoms with van der Waals surface area (Å²) in [4.78, 5) is 42.9. The van der Waals surface area contributed by atoms with Gasteiger partial charge in [0.15, 0.2) is 0 Å². The summed E-state index contributed by atoms with van der Waals surface area (Å²) >= 11 is 0. The van der Waals surface area contributed by atoms with E-state index in [1.54, 1.807) is 0 Å². The molecule has 0 spiro atoms. The second kappa shape index (κ2) is 8.03. The van der Waals surface area contributed by atoms with Crippen molar-refractivity contribution < 1.29 is 34.5 Å². The van der Waals surface area contributed by atoms with Crippen LogP contribution in [0.4, 0.5) is 0 Å². The van der Waals surface area contributed by atoms with Crippen LogP contribution < -0.4 is 11.1 Å². The topological polar surface area (TPSA) is 167 Å². The van der Waals surface area contributed by atoms with E-state index in [-0.39, 0.29) is 19.3 Å². The van der Waals surface area contributed by atoms with Crippen molar-refractivity contribution in [3.05, 3.63) is 0 Å². The molecule has 9 heteroatoms. The smallest absolute Gasteiger partial charge is 0.326 e. The Balaban J connectivity index is 4.33. The van der Waals surface area contributed by atoms with E-state index in [1.165, 1.54) is 0 Å². The zero-order chi connectivity index (χ0) is 15.0. The van der Waals surface area contributed by atoms with E-state index in [2.05, 4.69) is 5.32 Å². The molecule has 2 unspecified atom stereocenters. The summed E-state index contributed by atoms with van der Waals surface area (Å²) in [5.74, 6) is -4.50. The van der Waals surface area contributed by atoms with Gasteiger partial charge in [-0.3, -0.25) is 14.4 Å². The van der Waals surface area contributed by atoms with Crippen LogP contribution in [0.25, 0.3) is 0 Å². The molecule has 0 heterocycles. The highest BCUT2D eigenvalue weighted by molar-refractivity contribution is 5.87. The number of rotatable bonds is 9. The largest absolute Gasteiger partial charge is 0.481 e. The molecule has 0 bridgehead atoms. The van der Waals surface area contributed by atoms with Crippen LogP contribution >= 0.6 is 0 Å². The summed E-state index contributed by atoms with van der Waals surface area (Å²) in [6.07, 6.45) is -1.14. The number of carbonyl (C=O) groups is 4. The first-order valence-electron chi connectivity index (χ1n) is 5.46. The first-order valence-corrected chi connectivity index (χ1v) is 5.46. The lowest BCUT2D eigenvalue weighted by atomic mass is 10.1. The zero-order valence-electron chi connectivity index (χ0n) is 10.0. The van der Waals surface area contributed by atoms with Gasteiger partial charge in [0.05, 0.1) is 6.04 Å². The maximum Gasteiger partial charge on any atom is 0.326 e. The molecule has 0 aromatic carbocycles. The third-order valence-corrected chi connectivity index (χ3v) is 2.27. The van der Waals surface area contributed by atoms with Crippen molar-refractivity contribution >= 4 is 23.8 Å². The molecular formula is C10H16N2O7. The summed E-state index contributed by atoms with van der Waals surface area (Å²) in [6, 6.07) is -2.51. The van der Waals surface area contributed by atoms with Crippen LogP contribution in [0.1, 0.15) is 25.7 Å². The first kappa shape index (κ1) is 16.8. The third-order valence-electron chi connectivity index (χ3n) is 2.27. The van der Waals surface area contributed by atoms with Crippen LogP contribution in [-0.2, 0) is 19.2 Å². The predicted molar refractivity (Wildman–Crippen MR) is 61.3 cm³/mol. The Morgan fingerprint density at radius 3 is 1.84 bits per heavy atom. The lowest BCUT2D eigenvalue weighted by molar-refractivity contribution is -0.143. The normalized spacial score (nSPS) is 13.3. The SMILES string of the molecule is NC(CCC(=O)O)C(=O)NC(CCC(=O)O)C(=O)O. The molecule has 0 saturated heterocycles. The van der Waals surface area contributed by atoms with Gasteiger partial charge >= 0.3 is 17.9 Å². The molecule has 0 aliphatic heterocycles. The Morgan fingerprint density at radius 1 is 0.947 bits per heavy atom. The fraction of sp³-hybridized carbons (Fsp3) is 0.600. The monoisotopic (exact) mass is 276 g/mol. The Kier molecular flexibility index (Phi) is 7.12. The lowest BCUT2D eigenvalue weighted by Crippen LogP contribution is -2.48. The highest BCUT2D eigenvalue weighted by atomic mass is 16.4. The minimum absolute atomic E-state index is 0.133. The average Bonchev–Trinajstić information content (AvgIpc) is 2.30. The van der Waals surface area contributed by atoms with Gasteiger partial charge in [0, 0.05) is 12.8 Å². The molecule has 0 aromatic rings. The van der Waals surface area contributed by atoms with Gasteiger partial charge in [-0.1, -0.05) is 0 Å². The number of hydrogen-bond acceptors (Lipinski definition) is 5. The van der Waals surface area contributed by atoms with E-state index in [1.807, 2.05) is 0 Å². The Labute approximate surface area is 108 Å². The number of carboxylic acids is 3. The molecule has 0 fully saturated rings. The summed E-state index contributed by atoms with van der Waals surface area (Å²) in [5, 5.41) is 27.7. The minimum Gasteiger partial charge on any atom is -0.481 e. The van der Waals surface area contributed by atoms with Crippen molar-refractivity contribution in [2.24, 2.45) is 5.73 Å². The maximum absolute atomic E-state index is 11.5. The van der Waals surface area contributed by atoms with E-state index >= 15 is 0 Å². The molecule has 0 radical (unpaired) electrons. The number of nitrogens with two attached hydrogens (primary N) is 1. The van der Waals surface area contributed by atoms with Crippen LogP contribution in [0.2, 0.25) is 0 Å². The van der Waals surface area contributed by atoms with Crippen LogP contribution in [0.15, 0.2) is 0 Å². The quantitative estimate of drug-likeness (QED) is 0.343. The van der Waals surface area contributed by atoms with E-state index in [9.17, 15) is 19.2 Å².